The van der Waals surface area contributed by atoms with Gasteiger partial charge in [-0.3, -0.25) is 0 Å². The van der Waals surface area contributed by atoms with E-state index in [0.717, 1.165) is 12.0 Å². The molecule has 0 atom stereocenters. The van der Waals surface area contributed by atoms with Gasteiger partial charge >= 0.3 is 0 Å². The standard InChI is InChI=1S/C6H12N2/c1-3-4-6(2)5-8-7/h4-5H,3,7H2,1-2H3/b6-4-,8-5-. The zero-order valence-corrected chi connectivity index (χ0v) is 5.39. The molecule has 46 valence electrons. The highest BCUT2D eigenvalue weighted by Crippen LogP contribution is 1.88. The minimum Gasteiger partial charge on any atom is -0.323 e. The molecule has 0 unspecified atom stereocenters. The second-order valence-electron chi connectivity index (χ2n) is 1.63. The van der Waals surface area contributed by atoms with Gasteiger partial charge in [-0.15, -0.1) is 0 Å². The Labute approximate surface area is 50.1 Å². The number of hydrogen-bond acceptors (Lipinski definition) is 2. The predicted molar refractivity (Wildman–Crippen MR) is 36.7 cm³/mol. The van der Waals surface area contributed by atoms with E-state index in [1.165, 1.54) is 0 Å². The van der Waals surface area contributed by atoms with Gasteiger partial charge in [0.25, 0.3) is 0 Å². The highest BCUT2D eigenvalue weighted by Gasteiger charge is 1.75. The second kappa shape index (κ2) is 4.37. The first-order valence-corrected chi connectivity index (χ1v) is 2.71. The molecule has 2 N–H and O–H groups in total. The highest BCUT2D eigenvalue weighted by atomic mass is 15.1. The number of rotatable bonds is 2. The van der Waals surface area contributed by atoms with Crippen LogP contribution in [0.5, 0.6) is 0 Å². The molecule has 0 aromatic rings. The summed E-state index contributed by atoms with van der Waals surface area (Å²) < 4.78 is 0. The lowest BCUT2D eigenvalue weighted by atomic mass is 10.3. The van der Waals surface area contributed by atoms with Crippen LogP contribution >= 0.6 is 0 Å². The zero-order valence-electron chi connectivity index (χ0n) is 5.39. The van der Waals surface area contributed by atoms with Crippen LogP contribution < -0.4 is 5.84 Å². The fraction of sp³-hybridized carbons (Fsp3) is 0.500. The third kappa shape index (κ3) is 3.40. The van der Waals surface area contributed by atoms with Gasteiger partial charge in [0.15, 0.2) is 0 Å². The fourth-order valence-electron chi connectivity index (χ4n) is 0.492. The zero-order chi connectivity index (χ0) is 6.41. The predicted octanol–water partition coefficient (Wildman–Crippen LogP) is 1.29. The molecular formula is C6H12N2. The topological polar surface area (TPSA) is 38.4 Å². The normalized spacial score (nSPS) is 13.0. The molecule has 0 spiro atoms. The molecule has 0 amide bonds. The lowest BCUT2D eigenvalue weighted by molar-refractivity contribution is 1.20. The SMILES string of the molecule is CC/C=C(C)\C=N/N. The van der Waals surface area contributed by atoms with E-state index in [4.69, 9.17) is 5.84 Å². The molecule has 0 aliphatic rings. The molecule has 0 aliphatic heterocycles. The average Bonchev–Trinajstić information content (AvgIpc) is 1.68. The van der Waals surface area contributed by atoms with Crippen LogP contribution in [0.15, 0.2) is 16.8 Å². The Morgan fingerprint density at radius 2 is 2.38 bits per heavy atom. The summed E-state index contributed by atoms with van der Waals surface area (Å²) in [7, 11) is 0. The summed E-state index contributed by atoms with van der Waals surface area (Å²) in [6, 6.07) is 0. The van der Waals surface area contributed by atoms with Crippen molar-refractivity contribution < 1.29 is 0 Å². The number of hydrazone groups is 1. The van der Waals surface area contributed by atoms with Crippen LogP contribution in [0.25, 0.3) is 0 Å². The fourth-order valence-corrected chi connectivity index (χ4v) is 0.492. The maximum absolute atomic E-state index is 4.89. The van der Waals surface area contributed by atoms with Crippen molar-refractivity contribution in [2.24, 2.45) is 10.9 Å². The maximum atomic E-state index is 4.89. The quantitative estimate of drug-likeness (QED) is 0.326. The van der Waals surface area contributed by atoms with E-state index in [1.807, 2.05) is 6.92 Å². The lowest BCUT2D eigenvalue weighted by Gasteiger charge is -1.84. The summed E-state index contributed by atoms with van der Waals surface area (Å²) in [6.45, 7) is 4.05. The van der Waals surface area contributed by atoms with Crippen LogP contribution in [-0.4, -0.2) is 6.21 Å². The number of nitrogens with two attached hydrogens (primary N) is 1. The molecule has 0 heterocycles. The van der Waals surface area contributed by atoms with Crippen molar-refractivity contribution in [2.45, 2.75) is 20.3 Å². The van der Waals surface area contributed by atoms with Gasteiger partial charge < -0.3 is 5.84 Å². The lowest BCUT2D eigenvalue weighted by Crippen LogP contribution is -1.83. The Balaban J connectivity index is 3.61. The van der Waals surface area contributed by atoms with Crippen molar-refractivity contribution in [3.8, 4) is 0 Å². The molecule has 0 radical (unpaired) electrons. The Morgan fingerprint density at radius 1 is 1.75 bits per heavy atom. The molecular weight excluding hydrogens is 100 g/mol. The van der Waals surface area contributed by atoms with Crippen LogP contribution in [0, 0.1) is 0 Å². The molecule has 0 bridgehead atoms. The summed E-state index contributed by atoms with van der Waals surface area (Å²) in [5, 5.41) is 3.36. The first-order valence-electron chi connectivity index (χ1n) is 2.71. The van der Waals surface area contributed by atoms with Crippen LogP contribution in [0.1, 0.15) is 20.3 Å². The number of nitrogens with zero attached hydrogens (tertiary/aromatic N) is 1. The van der Waals surface area contributed by atoms with E-state index >= 15 is 0 Å². The summed E-state index contributed by atoms with van der Waals surface area (Å²) in [6.07, 6.45) is 4.75. The molecule has 0 saturated heterocycles. The first kappa shape index (κ1) is 7.21. The van der Waals surface area contributed by atoms with E-state index in [9.17, 15) is 0 Å². The van der Waals surface area contributed by atoms with Crippen LogP contribution in [0.2, 0.25) is 0 Å². The van der Waals surface area contributed by atoms with E-state index in [1.54, 1.807) is 6.21 Å². The Hall–Kier alpha value is -0.790. The van der Waals surface area contributed by atoms with Crippen molar-refractivity contribution in [3.05, 3.63) is 11.6 Å². The molecule has 0 aromatic heterocycles. The van der Waals surface area contributed by atoms with Gasteiger partial charge in [0.05, 0.1) is 0 Å². The number of hydrogen-bond donors (Lipinski definition) is 1. The van der Waals surface area contributed by atoms with Crippen molar-refractivity contribution in [1.82, 2.24) is 0 Å². The summed E-state index contributed by atoms with van der Waals surface area (Å²) in [5.41, 5.74) is 1.12. The molecule has 0 saturated carbocycles. The van der Waals surface area contributed by atoms with Crippen LogP contribution in [0.3, 0.4) is 0 Å². The Bertz CT molecular complexity index is 103. The van der Waals surface area contributed by atoms with Crippen LogP contribution in [-0.2, 0) is 0 Å². The Kier molecular flexibility index (Phi) is 3.94. The van der Waals surface area contributed by atoms with Gasteiger partial charge in [0, 0.05) is 6.21 Å². The third-order valence-electron chi connectivity index (χ3n) is 0.804. The van der Waals surface area contributed by atoms with Gasteiger partial charge in [-0.1, -0.05) is 13.0 Å². The van der Waals surface area contributed by atoms with E-state index in [2.05, 4.69) is 18.1 Å². The van der Waals surface area contributed by atoms with Gasteiger partial charge in [0.2, 0.25) is 0 Å². The maximum Gasteiger partial charge on any atom is 0.0491 e. The molecule has 0 aromatic carbocycles. The largest absolute Gasteiger partial charge is 0.323 e. The minimum atomic E-state index is 1.04. The summed E-state index contributed by atoms with van der Waals surface area (Å²) in [4.78, 5) is 0. The van der Waals surface area contributed by atoms with Gasteiger partial charge in [-0.05, 0) is 18.9 Å². The monoisotopic (exact) mass is 112 g/mol. The van der Waals surface area contributed by atoms with E-state index < -0.39 is 0 Å². The average molecular weight is 112 g/mol. The minimum absolute atomic E-state index is 1.04. The van der Waals surface area contributed by atoms with Gasteiger partial charge in [-0.2, -0.15) is 5.10 Å². The van der Waals surface area contributed by atoms with Gasteiger partial charge in [-0.25, -0.2) is 0 Å². The molecule has 0 aliphatic carbocycles. The van der Waals surface area contributed by atoms with Crippen molar-refractivity contribution in [2.75, 3.05) is 0 Å². The first-order chi connectivity index (χ1) is 3.81. The second-order valence-corrected chi connectivity index (χ2v) is 1.63. The molecule has 0 fully saturated rings. The molecule has 8 heavy (non-hydrogen) atoms. The van der Waals surface area contributed by atoms with Gasteiger partial charge in [0.1, 0.15) is 0 Å². The van der Waals surface area contributed by atoms with E-state index in [0.29, 0.717) is 0 Å². The molecule has 0 rings (SSSR count). The van der Waals surface area contributed by atoms with E-state index in [-0.39, 0.29) is 0 Å². The molecule has 2 heteroatoms. The molecule has 2 nitrogen and oxygen atoms in total. The summed E-state index contributed by atoms with van der Waals surface area (Å²) >= 11 is 0. The number of allylic oxidation sites excluding steroid dienone is 2. The van der Waals surface area contributed by atoms with Crippen molar-refractivity contribution in [1.29, 1.82) is 0 Å². The Morgan fingerprint density at radius 3 is 2.75 bits per heavy atom. The highest BCUT2D eigenvalue weighted by molar-refractivity contribution is 5.77. The summed E-state index contributed by atoms with van der Waals surface area (Å²) in [5.74, 6) is 4.89. The smallest absolute Gasteiger partial charge is 0.0491 e. The van der Waals surface area contributed by atoms with Crippen molar-refractivity contribution >= 4 is 6.21 Å². The van der Waals surface area contributed by atoms with Crippen LogP contribution in [0.4, 0.5) is 0 Å². The van der Waals surface area contributed by atoms with Crippen molar-refractivity contribution in [3.63, 3.8) is 0 Å². The third-order valence-corrected chi connectivity index (χ3v) is 0.804.